The van der Waals surface area contributed by atoms with Gasteiger partial charge in [0.15, 0.2) is 5.96 Å². The van der Waals surface area contributed by atoms with Gasteiger partial charge < -0.3 is 20.5 Å². The molecule has 0 spiro atoms. The third-order valence-electron chi connectivity index (χ3n) is 3.92. The Balaban J connectivity index is 0.00000338. The fourth-order valence-electron chi connectivity index (χ4n) is 2.47. The van der Waals surface area contributed by atoms with Gasteiger partial charge >= 0.3 is 0 Å². The lowest BCUT2D eigenvalue weighted by Gasteiger charge is -2.24. The van der Waals surface area contributed by atoms with E-state index in [1.54, 1.807) is 44.6 Å². The van der Waals surface area contributed by atoms with Crippen LogP contribution in [-0.2, 0) is 5.41 Å². The number of nitrogens with two attached hydrogens (primary N) is 1. The zero-order valence-electron chi connectivity index (χ0n) is 15.4. The van der Waals surface area contributed by atoms with Gasteiger partial charge in [0.25, 0.3) is 0 Å². The van der Waals surface area contributed by atoms with Crippen LogP contribution in [0.5, 0.6) is 11.5 Å². The van der Waals surface area contributed by atoms with Crippen molar-refractivity contribution in [3.63, 3.8) is 0 Å². The lowest BCUT2D eigenvalue weighted by atomic mass is 9.84. The van der Waals surface area contributed by atoms with E-state index in [2.05, 4.69) is 10.3 Å². The van der Waals surface area contributed by atoms with Crippen LogP contribution in [0.25, 0.3) is 0 Å². The maximum atomic E-state index is 14.0. The topological polar surface area (TPSA) is 68.9 Å². The van der Waals surface area contributed by atoms with Gasteiger partial charge in [0.05, 0.1) is 26.5 Å². The minimum Gasteiger partial charge on any atom is -0.497 e. The van der Waals surface area contributed by atoms with E-state index < -0.39 is 5.41 Å². The Morgan fingerprint density at radius 3 is 2.46 bits per heavy atom. The van der Waals surface area contributed by atoms with E-state index in [-0.39, 0.29) is 35.8 Å². The van der Waals surface area contributed by atoms with Crippen LogP contribution in [0.3, 0.4) is 0 Å². The van der Waals surface area contributed by atoms with Crippen molar-refractivity contribution < 1.29 is 13.9 Å². The molecule has 0 saturated carbocycles. The first-order valence-electron chi connectivity index (χ1n) is 7.91. The average molecular weight is 473 g/mol. The second-order valence-electron chi connectivity index (χ2n) is 6.26. The summed E-state index contributed by atoms with van der Waals surface area (Å²) in [4.78, 5) is 4.36. The van der Waals surface area contributed by atoms with Crippen LogP contribution < -0.4 is 20.5 Å². The van der Waals surface area contributed by atoms with Crippen molar-refractivity contribution in [1.29, 1.82) is 0 Å². The Labute approximate surface area is 170 Å². The van der Waals surface area contributed by atoms with E-state index in [9.17, 15) is 4.39 Å². The monoisotopic (exact) mass is 473 g/mol. The van der Waals surface area contributed by atoms with Crippen LogP contribution in [0.2, 0.25) is 0 Å². The van der Waals surface area contributed by atoms with Gasteiger partial charge in [0, 0.05) is 11.5 Å². The number of anilines is 1. The molecule has 0 aromatic heterocycles. The highest BCUT2D eigenvalue weighted by atomic mass is 127. The number of nitrogens with one attached hydrogen (secondary N) is 1. The van der Waals surface area contributed by atoms with Gasteiger partial charge in [-0.3, -0.25) is 4.99 Å². The van der Waals surface area contributed by atoms with Crippen molar-refractivity contribution in [3.05, 3.63) is 53.8 Å². The second kappa shape index (κ2) is 9.61. The first kappa shape index (κ1) is 22.0. The van der Waals surface area contributed by atoms with Crippen LogP contribution in [-0.4, -0.2) is 26.7 Å². The third kappa shape index (κ3) is 5.48. The second-order valence-corrected chi connectivity index (χ2v) is 6.26. The highest BCUT2D eigenvalue weighted by Gasteiger charge is 2.23. The molecule has 0 atom stereocenters. The van der Waals surface area contributed by atoms with Crippen LogP contribution in [0.4, 0.5) is 10.1 Å². The molecule has 0 fully saturated rings. The standard InChI is InChI=1S/C19H24FN3O2.HI/c1-19(2,14-7-5-6-8-15(14)20)12-22-18(21)23-16-11-13(24-3)9-10-17(16)25-4;/h5-11H,12H2,1-4H3,(H3,21,22,23);1H. The summed E-state index contributed by atoms with van der Waals surface area (Å²) in [7, 11) is 3.15. The smallest absolute Gasteiger partial charge is 0.193 e. The summed E-state index contributed by atoms with van der Waals surface area (Å²) in [5.41, 5.74) is 6.75. The van der Waals surface area contributed by atoms with Crippen molar-refractivity contribution in [1.82, 2.24) is 0 Å². The van der Waals surface area contributed by atoms with Gasteiger partial charge in [-0.25, -0.2) is 4.39 Å². The lowest BCUT2D eigenvalue weighted by molar-refractivity contribution is 0.405. The van der Waals surface area contributed by atoms with E-state index in [0.29, 0.717) is 29.3 Å². The number of nitrogens with zero attached hydrogens (tertiary/aromatic N) is 1. The number of hydrogen-bond donors (Lipinski definition) is 2. The highest BCUT2D eigenvalue weighted by Crippen LogP contribution is 2.29. The maximum absolute atomic E-state index is 14.0. The molecule has 0 unspecified atom stereocenters. The summed E-state index contributed by atoms with van der Waals surface area (Å²) in [5, 5.41) is 3.00. The van der Waals surface area contributed by atoms with Crippen LogP contribution in [0.15, 0.2) is 47.5 Å². The van der Waals surface area contributed by atoms with Gasteiger partial charge in [-0.2, -0.15) is 0 Å². The molecule has 0 aliphatic heterocycles. The molecule has 2 rings (SSSR count). The number of ether oxygens (including phenoxy) is 2. The Bertz CT molecular complexity index is 766. The van der Waals surface area contributed by atoms with Gasteiger partial charge in [-0.05, 0) is 23.8 Å². The molecule has 3 N–H and O–H groups in total. The predicted molar refractivity (Wildman–Crippen MR) is 114 cm³/mol. The largest absolute Gasteiger partial charge is 0.497 e. The van der Waals surface area contributed by atoms with E-state index in [1.165, 1.54) is 6.07 Å². The van der Waals surface area contributed by atoms with Crippen LogP contribution >= 0.6 is 24.0 Å². The SMILES string of the molecule is COc1ccc(OC)c(NC(N)=NCC(C)(C)c2ccccc2F)c1.I. The summed E-state index contributed by atoms with van der Waals surface area (Å²) >= 11 is 0. The number of methoxy groups -OCH3 is 2. The quantitative estimate of drug-likeness (QED) is 0.376. The van der Waals surface area contributed by atoms with Crippen molar-refractivity contribution in [3.8, 4) is 11.5 Å². The summed E-state index contributed by atoms with van der Waals surface area (Å²) in [6, 6.07) is 12.0. The number of aliphatic imine (C=N–C) groups is 1. The Morgan fingerprint density at radius 2 is 1.85 bits per heavy atom. The molecule has 0 bridgehead atoms. The lowest BCUT2D eigenvalue weighted by Crippen LogP contribution is -2.28. The zero-order valence-corrected chi connectivity index (χ0v) is 17.7. The Kier molecular flexibility index (Phi) is 8.13. The molecule has 0 amide bonds. The van der Waals surface area contributed by atoms with Gasteiger partial charge in [-0.15, -0.1) is 24.0 Å². The predicted octanol–water partition coefficient (Wildman–Crippen LogP) is 4.17. The summed E-state index contributed by atoms with van der Waals surface area (Å²) < 4.78 is 24.5. The van der Waals surface area contributed by atoms with Gasteiger partial charge in [0.1, 0.15) is 17.3 Å². The molecular weight excluding hydrogens is 448 g/mol. The number of guanidine groups is 1. The number of halogens is 2. The molecule has 0 heterocycles. The number of hydrogen-bond acceptors (Lipinski definition) is 3. The molecule has 0 saturated heterocycles. The normalized spacial score (nSPS) is 11.5. The van der Waals surface area contributed by atoms with Crippen LogP contribution in [0.1, 0.15) is 19.4 Å². The van der Waals surface area contributed by atoms with Crippen LogP contribution in [0, 0.1) is 5.82 Å². The Hall–Kier alpha value is -2.03. The van der Waals surface area contributed by atoms with E-state index in [4.69, 9.17) is 15.2 Å². The molecule has 2 aromatic carbocycles. The van der Waals surface area contributed by atoms with Crippen molar-refractivity contribution >= 4 is 35.6 Å². The van der Waals surface area contributed by atoms with E-state index >= 15 is 0 Å². The number of rotatable bonds is 6. The average Bonchev–Trinajstić information content (AvgIpc) is 2.60. The molecule has 5 nitrogen and oxygen atoms in total. The first-order chi connectivity index (χ1) is 11.9. The minimum absolute atomic E-state index is 0. The van der Waals surface area contributed by atoms with Gasteiger partial charge in [-0.1, -0.05) is 32.0 Å². The fourth-order valence-corrected chi connectivity index (χ4v) is 2.47. The van der Waals surface area contributed by atoms with Gasteiger partial charge in [0.2, 0.25) is 0 Å². The molecule has 7 heteroatoms. The molecule has 2 aromatic rings. The summed E-state index contributed by atoms with van der Waals surface area (Å²) in [6.45, 7) is 4.18. The fraction of sp³-hybridized carbons (Fsp3) is 0.316. The molecule has 142 valence electrons. The van der Waals surface area contributed by atoms with E-state index in [0.717, 1.165) is 0 Å². The minimum atomic E-state index is -0.490. The zero-order chi connectivity index (χ0) is 18.4. The molecular formula is C19H25FIN3O2. The number of benzene rings is 2. The van der Waals surface area contributed by atoms with Crippen molar-refractivity contribution in [2.45, 2.75) is 19.3 Å². The Morgan fingerprint density at radius 1 is 1.15 bits per heavy atom. The summed E-state index contributed by atoms with van der Waals surface area (Å²) in [6.07, 6.45) is 0. The van der Waals surface area contributed by atoms with Crippen molar-refractivity contribution in [2.24, 2.45) is 10.7 Å². The highest BCUT2D eigenvalue weighted by molar-refractivity contribution is 14.0. The molecule has 26 heavy (non-hydrogen) atoms. The molecule has 0 aliphatic carbocycles. The molecule has 0 radical (unpaired) electrons. The molecule has 0 aliphatic rings. The van der Waals surface area contributed by atoms with E-state index in [1.807, 2.05) is 19.9 Å². The third-order valence-corrected chi connectivity index (χ3v) is 3.92. The first-order valence-corrected chi connectivity index (χ1v) is 7.91. The van der Waals surface area contributed by atoms with Crippen molar-refractivity contribution in [2.75, 3.05) is 26.1 Å². The maximum Gasteiger partial charge on any atom is 0.193 e. The summed E-state index contributed by atoms with van der Waals surface area (Å²) in [5.74, 6) is 1.26.